The number of ether oxygens (including phenoxy) is 3. The number of methoxy groups -OCH3 is 2. The normalized spacial score (nSPS) is 9.80. The van der Waals surface area contributed by atoms with Crippen LogP contribution in [-0.4, -0.2) is 27.3 Å². The van der Waals surface area contributed by atoms with Gasteiger partial charge in [-0.25, -0.2) is 0 Å². The first kappa shape index (κ1) is 11.8. The number of carbonyl (C=O) groups is 1. The van der Waals surface area contributed by atoms with Crippen LogP contribution in [0.15, 0.2) is 12.1 Å². The standard InChI is InChI=1S/C10H11ClO4/c1-13-6-15-10-8(11)3-7(5-12)4-9(10)14-2/h3-5H,6H2,1-2H3. The zero-order valence-corrected chi connectivity index (χ0v) is 9.21. The second-order valence-electron chi connectivity index (χ2n) is 2.70. The lowest BCUT2D eigenvalue weighted by molar-refractivity contribution is 0.0492. The van der Waals surface area contributed by atoms with E-state index in [9.17, 15) is 4.79 Å². The highest BCUT2D eigenvalue weighted by molar-refractivity contribution is 6.32. The van der Waals surface area contributed by atoms with Gasteiger partial charge >= 0.3 is 0 Å². The van der Waals surface area contributed by atoms with Crippen molar-refractivity contribution in [3.63, 3.8) is 0 Å². The molecule has 0 atom stereocenters. The summed E-state index contributed by atoms with van der Waals surface area (Å²) < 4.78 is 15.0. The Balaban J connectivity index is 3.06. The number of hydrogen-bond donors (Lipinski definition) is 0. The maximum Gasteiger partial charge on any atom is 0.188 e. The van der Waals surface area contributed by atoms with Crippen LogP contribution in [0, 0.1) is 0 Å². The van der Waals surface area contributed by atoms with Crippen LogP contribution in [0.3, 0.4) is 0 Å². The first-order valence-corrected chi connectivity index (χ1v) is 4.55. The first-order chi connectivity index (χ1) is 7.22. The van der Waals surface area contributed by atoms with Crippen LogP contribution in [-0.2, 0) is 4.74 Å². The van der Waals surface area contributed by atoms with E-state index in [1.54, 1.807) is 6.07 Å². The lowest BCUT2D eigenvalue weighted by Crippen LogP contribution is -2.02. The van der Waals surface area contributed by atoms with Gasteiger partial charge in [-0.2, -0.15) is 0 Å². The fourth-order valence-corrected chi connectivity index (χ4v) is 1.34. The Morgan fingerprint density at radius 2 is 2.13 bits per heavy atom. The third-order valence-corrected chi connectivity index (χ3v) is 1.99. The molecule has 15 heavy (non-hydrogen) atoms. The SMILES string of the molecule is COCOc1c(Cl)cc(C=O)cc1OC. The monoisotopic (exact) mass is 230 g/mol. The van der Waals surface area contributed by atoms with Gasteiger partial charge in [0, 0.05) is 12.7 Å². The molecule has 1 aromatic carbocycles. The van der Waals surface area contributed by atoms with Gasteiger partial charge in [-0.15, -0.1) is 0 Å². The molecule has 0 unspecified atom stereocenters. The minimum atomic E-state index is 0.0660. The van der Waals surface area contributed by atoms with Gasteiger partial charge in [0.15, 0.2) is 18.3 Å². The van der Waals surface area contributed by atoms with Gasteiger partial charge in [0.25, 0.3) is 0 Å². The molecule has 0 aromatic heterocycles. The molecule has 0 fully saturated rings. The van der Waals surface area contributed by atoms with Crippen molar-refractivity contribution < 1.29 is 19.0 Å². The quantitative estimate of drug-likeness (QED) is 0.574. The number of rotatable bonds is 5. The zero-order valence-electron chi connectivity index (χ0n) is 8.45. The summed E-state index contributed by atoms with van der Waals surface area (Å²) in [5, 5.41) is 0.313. The molecule has 0 aliphatic heterocycles. The molecular formula is C10H11ClO4. The molecule has 4 nitrogen and oxygen atoms in total. The number of carbonyl (C=O) groups excluding carboxylic acids is 1. The molecule has 0 bridgehead atoms. The van der Waals surface area contributed by atoms with E-state index in [1.807, 2.05) is 0 Å². The van der Waals surface area contributed by atoms with E-state index in [0.29, 0.717) is 28.4 Å². The Morgan fingerprint density at radius 3 is 2.67 bits per heavy atom. The summed E-state index contributed by atoms with van der Waals surface area (Å²) >= 11 is 5.91. The Morgan fingerprint density at radius 1 is 1.40 bits per heavy atom. The molecular weight excluding hydrogens is 220 g/mol. The van der Waals surface area contributed by atoms with Gasteiger partial charge in [-0.05, 0) is 12.1 Å². The van der Waals surface area contributed by atoms with Gasteiger partial charge in [0.2, 0.25) is 0 Å². The Bertz CT molecular complexity index is 352. The predicted molar refractivity (Wildman–Crippen MR) is 55.9 cm³/mol. The van der Waals surface area contributed by atoms with Gasteiger partial charge in [-0.1, -0.05) is 11.6 Å². The summed E-state index contributed by atoms with van der Waals surface area (Å²) in [6, 6.07) is 3.05. The van der Waals surface area contributed by atoms with Crippen LogP contribution in [0.25, 0.3) is 0 Å². The molecule has 0 saturated carbocycles. The molecule has 0 amide bonds. The third kappa shape index (κ3) is 2.84. The molecule has 82 valence electrons. The second kappa shape index (κ2) is 5.58. The highest BCUT2D eigenvalue weighted by Crippen LogP contribution is 2.35. The number of benzene rings is 1. The van der Waals surface area contributed by atoms with Crippen molar-refractivity contribution in [2.75, 3.05) is 21.0 Å². The van der Waals surface area contributed by atoms with Gasteiger partial charge in [-0.3, -0.25) is 4.79 Å². The Labute approximate surface area is 92.7 Å². The molecule has 1 aromatic rings. The first-order valence-electron chi connectivity index (χ1n) is 4.17. The summed E-state index contributed by atoms with van der Waals surface area (Å²) in [5.41, 5.74) is 0.432. The van der Waals surface area contributed by atoms with Crippen LogP contribution in [0.5, 0.6) is 11.5 Å². The average Bonchev–Trinajstić information content (AvgIpc) is 2.26. The van der Waals surface area contributed by atoms with E-state index in [1.165, 1.54) is 20.3 Å². The summed E-state index contributed by atoms with van der Waals surface area (Å²) in [7, 11) is 2.97. The van der Waals surface area contributed by atoms with Crippen LogP contribution in [0.4, 0.5) is 0 Å². The Kier molecular flexibility index (Phi) is 4.39. The topological polar surface area (TPSA) is 44.8 Å². The summed E-state index contributed by atoms with van der Waals surface area (Å²) in [6.07, 6.45) is 0.689. The molecule has 5 heteroatoms. The van der Waals surface area contributed by atoms with Gasteiger partial charge in [0.05, 0.1) is 12.1 Å². The molecule has 0 saturated heterocycles. The minimum Gasteiger partial charge on any atom is -0.493 e. The number of halogens is 1. The van der Waals surface area contributed by atoms with E-state index < -0.39 is 0 Å². The second-order valence-corrected chi connectivity index (χ2v) is 3.11. The van der Waals surface area contributed by atoms with E-state index in [2.05, 4.69) is 0 Å². The predicted octanol–water partition coefficient (Wildman–Crippen LogP) is 2.14. The smallest absolute Gasteiger partial charge is 0.188 e. The van der Waals surface area contributed by atoms with Gasteiger partial charge in [0.1, 0.15) is 6.29 Å². The van der Waals surface area contributed by atoms with E-state index in [4.69, 9.17) is 25.8 Å². The molecule has 0 radical (unpaired) electrons. The molecule has 0 heterocycles. The van der Waals surface area contributed by atoms with Crippen LogP contribution >= 0.6 is 11.6 Å². The largest absolute Gasteiger partial charge is 0.493 e. The fourth-order valence-electron chi connectivity index (χ4n) is 1.07. The number of aldehydes is 1. The highest BCUT2D eigenvalue weighted by atomic mass is 35.5. The van der Waals surface area contributed by atoms with E-state index >= 15 is 0 Å². The van der Waals surface area contributed by atoms with Crippen molar-refractivity contribution in [2.24, 2.45) is 0 Å². The lowest BCUT2D eigenvalue weighted by Gasteiger charge is -2.11. The maximum atomic E-state index is 10.6. The highest BCUT2D eigenvalue weighted by Gasteiger charge is 2.11. The van der Waals surface area contributed by atoms with Crippen molar-refractivity contribution in [1.82, 2.24) is 0 Å². The summed E-state index contributed by atoms with van der Waals surface area (Å²) in [5.74, 6) is 0.772. The van der Waals surface area contributed by atoms with Crippen molar-refractivity contribution in [1.29, 1.82) is 0 Å². The fraction of sp³-hybridized carbons (Fsp3) is 0.300. The van der Waals surface area contributed by atoms with Crippen LogP contribution < -0.4 is 9.47 Å². The van der Waals surface area contributed by atoms with Crippen LogP contribution in [0.2, 0.25) is 5.02 Å². The van der Waals surface area contributed by atoms with Crippen molar-refractivity contribution in [2.45, 2.75) is 0 Å². The maximum absolute atomic E-state index is 10.6. The van der Waals surface area contributed by atoms with E-state index in [-0.39, 0.29) is 6.79 Å². The minimum absolute atomic E-state index is 0.0660. The molecule has 1 rings (SSSR count). The van der Waals surface area contributed by atoms with Crippen molar-refractivity contribution in [3.8, 4) is 11.5 Å². The zero-order chi connectivity index (χ0) is 11.3. The van der Waals surface area contributed by atoms with Crippen LogP contribution in [0.1, 0.15) is 10.4 Å². The van der Waals surface area contributed by atoms with E-state index in [0.717, 1.165) is 0 Å². The molecule has 0 aliphatic rings. The molecule has 0 spiro atoms. The van der Waals surface area contributed by atoms with Gasteiger partial charge < -0.3 is 14.2 Å². The molecule has 0 aliphatic carbocycles. The van der Waals surface area contributed by atoms with Crippen molar-refractivity contribution >= 4 is 17.9 Å². The Hall–Kier alpha value is -1.26. The summed E-state index contributed by atoms with van der Waals surface area (Å²) in [4.78, 5) is 10.6. The number of hydrogen-bond acceptors (Lipinski definition) is 4. The lowest BCUT2D eigenvalue weighted by atomic mass is 10.2. The molecule has 0 N–H and O–H groups in total. The summed E-state index contributed by atoms with van der Waals surface area (Å²) in [6.45, 7) is 0.0660. The average molecular weight is 231 g/mol. The van der Waals surface area contributed by atoms with Crippen molar-refractivity contribution in [3.05, 3.63) is 22.7 Å². The third-order valence-electron chi connectivity index (χ3n) is 1.71.